The summed E-state index contributed by atoms with van der Waals surface area (Å²) < 4.78 is 2.24. The molecule has 0 bridgehead atoms. The van der Waals surface area contributed by atoms with Crippen molar-refractivity contribution < 1.29 is 0 Å². The summed E-state index contributed by atoms with van der Waals surface area (Å²) in [6.45, 7) is 11.1. The predicted molar refractivity (Wildman–Crippen MR) is 105 cm³/mol. The van der Waals surface area contributed by atoms with E-state index in [9.17, 15) is 0 Å². The highest BCUT2D eigenvalue weighted by atomic mass is 32.2. The Hall–Kier alpha value is -1.69. The minimum absolute atomic E-state index is 0.154. The van der Waals surface area contributed by atoms with Crippen LogP contribution >= 0.6 is 11.8 Å². The zero-order valence-electron chi connectivity index (χ0n) is 15.4. The van der Waals surface area contributed by atoms with Crippen molar-refractivity contribution in [3.05, 3.63) is 35.8 Å². The molecular formula is C18H29N5S. The predicted octanol–water partition coefficient (Wildman–Crippen LogP) is 2.88. The minimum atomic E-state index is 0.154. The van der Waals surface area contributed by atoms with Gasteiger partial charge in [0.2, 0.25) is 0 Å². The molecule has 0 spiro atoms. The summed E-state index contributed by atoms with van der Waals surface area (Å²) >= 11 is 1.84. The number of nitrogens with one attached hydrogen (secondary N) is 2. The molecule has 0 saturated carbocycles. The monoisotopic (exact) mass is 347 g/mol. The van der Waals surface area contributed by atoms with Crippen LogP contribution in [0.25, 0.3) is 5.65 Å². The van der Waals surface area contributed by atoms with Gasteiger partial charge in [-0.2, -0.15) is 11.8 Å². The average Bonchev–Trinajstić information content (AvgIpc) is 2.97. The van der Waals surface area contributed by atoms with Gasteiger partial charge in [0.05, 0.1) is 12.2 Å². The largest absolute Gasteiger partial charge is 0.357 e. The zero-order chi connectivity index (χ0) is 17.6. The second-order valence-electron chi connectivity index (χ2n) is 6.49. The molecule has 132 valence electrons. The van der Waals surface area contributed by atoms with E-state index in [4.69, 9.17) is 9.98 Å². The van der Waals surface area contributed by atoms with Crippen molar-refractivity contribution in [2.24, 2.45) is 4.99 Å². The van der Waals surface area contributed by atoms with E-state index >= 15 is 0 Å². The third-order valence-electron chi connectivity index (χ3n) is 3.92. The molecule has 0 aliphatic heterocycles. The Bertz CT molecular complexity index is 690. The van der Waals surface area contributed by atoms with Gasteiger partial charge in [0, 0.05) is 36.7 Å². The molecule has 0 aliphatic rings. The van der Waals surface area contributed by atoms with Crippen LogP contribution in [0.5, 0.6) is 0 Å². The van der Waals surface area contributed by atoms with Gasteiger partial charge < -0.3 is 15.0 Å². The van der Waals surface area contributed by atoms with Crippen LogP contribution in [0.4, 0.5) is 0 Å². The minimum Gasteiger partial charge on any atom is -0.357 e. The molecule has 6 heteroatoms. The maximum atomic E-state index is 4.71. The maximum absolute atomic E-state index is 4.71. The molecule has 0 saturated heterocycles. The van der Waals surface area contributed by atoms with E-state index in [1.54, 1.807) is 0 Å². The molecule has 0 atom stereocenters. The highest BCUT2D eigenvalue weighted by molar-refractivity contribution is 7.99. The quantitative estimate of drug-likeness (QED) is 0.597. The topological polar surface area (TPSA) is 53.7 Å². The fraction of sp³-hybridized carbons (Fsp3) is 0.556. The van der Waals surface area contributed by atoms with Gasteiger partial charge in [-0.25, -0.2) is 4.98 Å². The number of aromatic nitrogens is 2. The van der Waals surface area contributed by atoms with Crippen molar-refractivity contribution in [1.82, 2.24) is 20.0 Å². The first-order valence-electron chi connectivity index (χ1n) is 8.45. The molecule has 2 N–H and O–H groups in total. The first kappa shape index (κ1) is 18.6. The number of aliphatic imine (C=N–C) groups is 1. The van der Waals surface area contributed by atoms with Crippen LogP contribution in [-0.4, -0.2) is 46.0 Å². The summed E-state index contributed by atoms with van der Waals surface area (Å²) in [7, 11) is 0. The normalized spacial score (nSPS) is 12.6. The lowest BCUT2D eigenvalue weighted by molar-refractivity contribution is 0.709. The molecule has 0 fully saturated rings. The summed E-state index contributed by atoms with van der Waals surface area (Å²) in [6.07, 6.45) is 7.14. The molecule has 0 unspecified atom stereocenters. The van der Waals surface area contributed by atoms with Gasteiger partial charge in [0.25, 0.3) is 0 Å². The molecule has 0 aliphatic carbocycles. The second-order valence-corrected chi connectivity index (χ2v) is 8.00. The van der Waals surface area contributed by atoms with E-state index in [1.165, 1.54) is 5.56 Å². The van der Waals surface area contributed by atoms with Gasteiger partial charge in [0.15, 0.2) is 5.96 Å². The average molecular weight is 348 g/mol. The van der Waals surface area contributed by atoms with Gasteiger partial charge in [-0.15, -0.1) is 0 Å². The van der Waals surface area contributed by atoms with Crippen LogP contribution in [0.1, 0.15) is 32.0 Å². The van der Waals surface area contributed by atoms with Gasteiger partial charge in [-0.1, -0.05) is 6.07 Å². The first-order valence-corrected chi connectivity index (χ1v) is 9.68. The second kappa shape index (κ2) is 8.42. The number of hydrogen-bond acceptors (Lipinski definition) is 3. The van der Waals surface area contributed by atoms with Crippen LogP contribution in [0.3, 0.4) is 0 Å². The molecule has 2 aromatic heterocycles. The number of hydrogen-bond donors (Lipinski definition) is 2. The Balaban J connectivity index is 1.94. The summed E-state index contributed by atoms with van der Waals surface area (Å²) in [6, 6.07) is 4.14. The number of pyridine rings is 1. The molecule has 2 rings (SSSR count). The van der Waals surface area contributed by atoms with Gasteiger partial charge in [0.1, 0.15) is 5.65 Å². The lowest BCUT2D eigenvalue weighted by Gasteiger charge is -2.20. The Morgan fingerprint density at radius 1 is 1.38 bits per heavy atom. The van der Waals surface area contributed by atoms with Crippen LogP contribution in [0.2, 0.25) is 0 Å². The Morgan fingerprint density at radius 3 is 2.83 bits per heavy atom. The number of nitrogens with zero attached hydrogens (tertiary/aromatic N) is 3. The van der Waals surface area contributed by atoms with E-state index in [-0.39, 0.29) is 4.75 Å². The number of rotatable bonds is 7. The third-order valence-corrected chi connectivity index (χ3v) is 5.15. The summed E-state index contributed by atoms with van der Waals surface area (Å²) in [5.41, 5.74) is 3.33. The Kier molecular flexibility index (Phi) is 6.54. The third kappa shape index (κ3) is 5.16. The summed E-state index contributed by atoms with van der Waals surface area (Å²) in [5.74, 6) is 0.875. The fourth-order valence-electron chi connectivity index (χ4n) is 2.31. The number of guanidine groups is 1. The van der Waals surface area contributed by atoms with E-state index in [0.29, 0.717) is 0 Å². The van der Waals surface area contributed by atoms with Gasteiger partial charge in [-0.3, -0.25) is 4.99 Å². The van der Waals surface area contributed by atoms with Crippen molar-refractivity contribution >= 4 is 23.4 Å². The van der Waals surface area contributed by atoms with Crippen molar-refractivity contribution in [3.8, 4) is 0 Å². The van der Waals surface area contributed by atoms with Crippen LogP contribution < -0.4 is 10.6 Å². The van der Waals surface area contributed by atoms with Crippen molar-refractivity contribution in [1.29, 1.82) is 0 Å². The molecule has 0 aromatic carbocycles. The SMILES string of the molecule is CCNC(=NCC(C)(C)SC)NCCc1cn2cccc(C)c2n1. The molecule has 2 heterocycles. The van der Waals surface area contributed by atoms with E-state index in [1.807, 2.05) is 18.0 Å². The van der Waals surface area contributed by atoms with E-state index < -0.39 is 0 Å². The van der Waals surface area contributed by atoms with Crippen molar-refractivity contribution in [2.75, 3.05) is 25.9 Å². The standard InChI is InChI=1S/C18H29N5S/c1-6-19-17(21-13-18(3,4)24-5)20-10-9-15-12-23-11-7-8-14(2)16(23)22-15/h7-8,11-12H,6,9-10,13H2,1-5H3,(H2,19,20,21). The first-order chi connectivity index (χ1) is 11.4. The number of fused-ring (bicyclic) bond motifs is 1. The van der Waals surface area contributed by atoms with Crippen LogP contribution in [0, 0.1) is 6.92 Å². The number of thioether (sulfide) groups is 1. The zero-order valence-corrected chi connectivity index (χ0v) is 16.2. The fourth-order valence-corrected chi connectivity index (χ4v) is 2.50. The van der Waals surface area contributed by atoms with Gasteiger partial charge in [-0.05, 0) is 45.6 Å². The van der Waals surface area contributed by atoms with Crippen molar-refractivity contribution in [3.63, 3.8) is 0 Å². The molecular weight excluding hydrogens is 318 g/mol. The van der Waals surface area contributed by atoms with Gasteiger partial charge >= 0.3 is 0 Å². The Morgan fingerprint density at radius 2 is 2.17 bits per heavy atom. The molecule has 0 amide bonds. The Labute approximate surface area is 149 Å². The molecule has 2 aromatic rings. The molecule has 5 nitrogen and oxygen atoms in total. The van der Waals surface area contributed by atoms with E-state index in [2.05, 4.69) is 67.3 Å². The smallest absolute Gasteiger partial charge is 0.191 e. The van der Waals surface area contributed by atoms with Crippen LogP contribution in [0.15, 0.2) is 29.5 Å². The summed E-state index contributed by atoms with van der Waals surface area (Å²) in [4.78, 5) is 9.40. The van der Waals surface area contributed by atoms with E-state index in [0.717, 1.165) is 43.4 Å². The van der Waals surface area contributed by atoms with Crippen molar-refractivity contribution in [2.45, 2.75) is 38.9 Å². The number of aryl methyl sites for hydroxylation is 1. The number of imidazole rings is 1. The molecule has 24 heavy (non-hydrogen) atoms. The van der Waals surface area contributed by atoms with Crippen LogP contribution in [-0.2, 0) is 6.42 Å². The summed E-state index contributed by atoms with van der Waals surface area (Å²) in [5, 5.41) is 6.71. The maximum Gasteiger partial charge on any atom is 0.191 e. The lowest BCUT2D eigenvalue weighted by Crippen LogP contribution is -2.39. The molecule has 0 radical (unpaired) electrons. The highest BCUT2D eigenvalue weighted by Crippen LogP contribution is 2.20. The highest BCUT2D eigenvalue weighted by Gasteiger charge is 2.15. The lowest BCUT2D eigenvalue weighted by atomic mass is 10.2.